The predicted octanol–water partition coefficient (Wildman–Crippen LogP) is 3.81. The first-order chi connectivity index (χ1) is 9.58. The van der Waals surface area contributed by atoms with E-state index in [1.54, 1.807) is 42.5 Å². The summed E-state index contributed by atoms with van der Waals surface area (Å²) >= 11 is 6.07. The van der Waals surface area contributed by atoms with Gasteiger partial charge in [-0.3, -0.25) is 5.21 Å². The standard InChI is InChI=1S/C14H12ClN3O2/c1-9-6-7-10(8-11(9)15)17-14(19)16-12-4-2-3-5-13(12)18(17)20/h2-8,20H,1H3,(H,16,19). The maximum absolute atomic E-state index is 12.1. The Morgan fingerprint density at radius 3 is 2.70 bits per heavy atom. The maximum atomic E-state index is 12.1. The van der Waals surface area contributed by atoms with E-state index in [-0.39, 0.29) is 0 Å². The van der Waals surface area contributed by atoms with Crippen molar-refractivity contribution in [2.45, 2.75) is 6.92 Å². The Morgan fingerprint density at radius 2 is 1.95 bits per heavy atom. The Morgan fingerprint density at radius 1 is 1.20 bits per heavy atom. The summed E-state index contributed by atoms with van der Waals surface area (Å²) < 4.78 is 0. The van der Waals surface area contributed by atoms with Crippen LogP contribution in [-0.2, 0) is 0 Å². The molecule has 20 heavy (non-hydrogen) atoms. The second-order valence-electron chi connectivity index (χ2n) is 4.48. The number of benzene rings is 2. The molecule has 0 aromatic heterocycles. The van der Waals surface area contributed by atoms with E-state index in [4.69, 9.17) is 11.6 Å². The number of para-hydroxylation sites is 2. The highest BCUT2D eigenvalue weighted by Crippen LogP contribution is 2.34. The van der Waals surface area contributed by atoms with Gasteiger partial charge in [0.05, 0.1) is 11.4 Å². The molecule has 5 nitrogen and oxygen atoms in total. The molecule has 0 spiro atoms. The monoisotopic (exact) mass is 289 g/mol. The van der Waals surface area contributed by atoms with Gasteiger partial charge in [0.2, 0.25) is 0 Å². The van der Waals surface area contributed by atoms with Crippen molar-refractivity contribution < 1.29 is 10.0 Å². The van der Waals surface area contributed by atoms with Crippen molar-refractivity contribution in [3.05, 3.63) is 53.1 Å². The summed E-state index contributed by atoms with van der Waals surface area (Å²) in [4.78, 5) is 12.1. The van der Waals surface area contributed by atoms with E-state index >= 15 is 0 Å². The number of carbonyl (C=O) groups excluding carboxylic acids is 1. The van der Waals surface area contributed by atoms with Gasteiger partial charge < -0.3 is 5.32 Å². The summed E-state index contributed by atoms with van der Waals surface area (Å²) in [6, 6.07) is 11.7. The highest BCUT2D eigenvalue weighted by atomic mass is 35.5. The van der Waals surface area contributed by atoms with Crippen LogP contribution in [0.1, 0.15) is 5.56 Å². The fourth-order valence-electron chi connectivity index (χ4n) is 2.06. The number of fused-ring (bicyclic) bond motifs is 1. The number of rotatable bonds is 1. The third-order valence-corrected chi connectivity index (χ3v) is 3.55. The van der Waals surface area contributed by atoms with Crippen LogP contribution in [0.3, 0.4) is 0 Å². The van der Waals surface area contributed by atoms with Crippen molar-refractivity contribution in [1.29, 1.82) is 0 Å². The fraction of sp³-hybridized carbons (Fsp3) is 0.0714. The minimum Gasteiger partial charge on any atom is -0.304 e. The lowest BCUT2D eigenvalue weighted by molar-refractivity contribution is 0.221. The topological polar surface area (TPSA) is 55.8 Å². The Bertz CT molecular complexity index is 690. The second-order valence-corrected chi connectivity index (χ2v) is 4.89. The average Bonchev–Trinajstić information content (AvgIpc) is 2.43. The molecule has 0 radical (unpaired) electrons. The van der Waals surface area contributed by atoms with E-state index in [1.165, 1.54) is 0 Å². The molecule has 0 unspecified atom stereocenters. The molecule has 3 rings (SSSR count). The number of nitrogens with one attached hydrogen (secondary N) is 1. The number of hydrogen-bond donors (Lipinski definition) is 2. The Labute approximate surface area is 120 Å². The first-order valence-corrected chi connectivity index (χ1v) is 6.41. The fourth-order valence-corrected chi connectivity index (χ4v) is 2.23. The summed E-state index contributed by atoms with van der Waals surface area (Å²) in [6.07, 6.45) is 0. The molecule has 0 aliphatic carbocycles. The number of amides is 2. The zero-order valence-electron chi connectivity index (χ0n) is 10.7. The van der Waals surface area contributed by atoms with E-state index < -0.39 is 6.03 Å². The quantitative estimate of drug-likeness (QED) is 0.839. The molecule has 2 aromatic carbocycles. The maximum Gasteiger partial charge on any atom is 0.347 e. The third-order valence-electron chi connectivity index (χ3n) is 3.14. The van der Waals surface area contributed by atoms with Gasteiger partial charge in [0.25, 0.3) is 0 Å². The van der Waals surface area contributed by atoms with Gasteiger partial charge in [-0.05, 0) is 36.8 Å². The summed E-state index contributed by atoms with van der Waals surface area (Å²) in [6.45, 7) is 1.87. The number of hydrazine groups is 1. The Kier molecular flexibility index (Phi) is 3.00. The lowest BCUT2D eigenvalue weighted by Crippen LogP contribution is -2.50. The van der Waals surface area contributed by atoms with Crippen LogP contribution in [-0.4, -0.2) is 11.2 Å². The molecule has 1 aliphatic heterocycles. The number of nitrogens with zero attached hydrogens (tertiary/aromatic N) is 2. The summed E-state index contributed by atoms with van der Waals surface area (Å²) in [7, 11) is 0. The first-order valence-electron chi connectivity index (χ1n) is 6.03. The molecule has 0 saturated heterocycles. The summed E-state index contributed by atoms with van der Waals surface area (Å²) in [5.74, 6) is 0. The minimum absolute atomic E-state index is 0.453. The number of halogens is 1. The molecule has 0 atom stereocenters. The zero-order chi connectivity index (χ0) is 14.3. The number of carbonyl (C=O) groups is 1. The highest BCUT2D eigenvalue weighted by Gasteiger charge is 2.30. The van der Waals surface area contributed by atoms with Crippen LogP contribution in [0.15, 0.2) is 42.5 Å². The molecule has 0 saturated carbocycles. The van der Waals surface area contributed by atoms with Gasteiger partial charge in [-0.1, -0.05) is 29.8 Å². The first kappa shape index (κ1) is 12.8. The summed E-state index contributed by atoms with van der Waals surface area (Å²) in [5.41, 5.74) is 2.42. The number of aryl methyl sites for hydroxylation is 1. The second kappa shape index (κ2) is 4.70. The molecule has 2 amide bonds. The smallest absolute Gasteiger partial charge is 0.304 e. The number of anilines is 3. The van der Waals surface area contributed by atoms with Crippen molar-refractivity contribution >= 4 is 34.7 Å². The van der Waals surface area contributed by atoms with E-state index in [0.717, 1.165) is 15.7 Å². The molecule has 1 aliphatic rings. The average molecular weight is 290 g/mol. The van der Waals surface area contributed by atoms with Gasteiger partial charge in [-0.2, -0.15) is 10.2 Å². The van der Waals surface area contributed by atoms with Crippen molar-refractivity contribution in [1.82, 2.24) is 0 Å². The lowest BCUT2D eigenvalue weighted by Gasteiger charge is -2.36. The van der Waals surface area contributed by atoms with Crippen molar-refractivity contribution in [3.8, 4) is 0 Å². The molecule has 2 N–H and O–H groups in total. The Hall–Kier alpha value is -2.24. The van der Waals surface area contributed by atoms with Crippen LogP contribution in [0.25, 0.3) is 0 Å². The van der Waals surface area contributed by atoms with E-state index in [0.29, 0.717) is 22.1 Å². The minimum atomic E-state index is -0.453. The van der Waals surface area contributed by atoms with Gasteiger partial charge >= 0.3 is 6.03 Å². The van der Waals surface area contributed by atoms with Gasteiger partial charge in [0.1, 0.15) is 5.69 Å². The van der Waals surface area contributed by atoms with E-state index in [1.807, 2.05) is 6.92 Å². The van der Waals surface area contributed by atoms with Gasteiger partial charge in [0.15, 0.2) is 0 Å². The number of hydrogen-bond acceptors (Lipinski definition) is 3. The van der Waals surface area contributed by atoms with Crippen LogP contribution in [0.4, 0.5) is 21.9 Å². The SMILES string of the molecule is Cc1ccc(N2C(=O)Nc3ccccc3N2O)cc1Cl. The van der Waals surface area contributed by atoms with Crippen LogP contribution < -0.4 is 15.5 Å². The van der Waals surface area contributed by atoms with Crippen LogP contribution in [0.2, 0.25) is 5.02 Å². The number of urea groups is 1. The van der Waals surface area contributed by atoms with E-state index in [9.17, 15) is 10.0 Å². The summed E-state index contributed by atoms with van der Waals surface area (Å²) in [5, 5.41) is 15.4. The normalized spacial score (nSPS) is 14.1. The van der Waals surface area contributed by atoms with E-state index in [2.05, 4.69) is 5.32 Å². The molecule has 102 valence electrons. The van der Waals surface area contributed by atoms with Crippen LogP contribution in [0, 0.1) is 6.92 Å². The van der Waals surface area contributed by atoms with Gasteiger partial charge in [-0.25, -0.2) is 4.79 Å². The Balaban J connectivity index is 2.06. The molecular weight excluding hydrogens is 278 g/mol. The molecule has 1 heterocycles. The predicted molar refractivity (Wildman–Crippen MR) is 78.4 cm³/mol. The molecular formula is C14H12ClN3O2. The van der Waals surface area contributed by atoms with Crippen LogP contribution >= 0.6 is 11.6 Å². The van der Waals surface area contributed by atoms with Crippen LogP contribution in [0.5, 0.6) is 0 Å². The highest BCUT2D eigenvalue weighted by molar-refractivity contribution is 6.31. The van der Waals surface area contributed by atoms with Crippen molar-refractivity contribution in [2.24, 2.45) is 0 Å². The van der Waals surface area contributed by atoms with Gasteiger partial charge in [-0.15, -0.1) is 0 Å². The third kappa shape index (κ3) is 1.97. The van der Waals surface area contributed by atoms with Crippen molar-refractivity contribution in [2.75, 3.05) is 15.5 Å². The largest absolute Gasteiger partial charge is 0.347 e. The molecule has 0 bridgehead atoms. The van der Waals surface area contributed by atoms with Crippen molar-refractivity contribution in [3.63, 3.8) is 0 Å². The molecule has 2 aromatic rings. The lowest BCUT2D eigenvalue weighted by atomic mass is 10.2. The molecule has 6 heteroatoms. The zero-order valence-corrected chi connectivity index (χ0v) is 11.4. The van der Waals surface area contributed by atoms with Gasteiger partial charge in [0, 0.05) is 5.02 Å². The molecule has 0 fully saturated rings.